The Hall–Kier alpha value is -1.17. The molecule has 17 heavy (non-hydrogen) atoms. The molecule has 0 unspecified atom stereocenters. The van der Waals surface area contributed by atoms with Gasteiger partial charge in [0.15, 0.2) is 0 Å². The molecule has 84 valence electrons. The molecular formula is C13H14LiNO2. The molecule has 0 radical (unpaired) electrons. The van der Waals surface area contributed by atoms with E-state index < -0.39 is 11.7 Å². The van der Waals surface area contributed by atoms with Gasteiger partial charge >= 0.3 is 25.0 Å². The van der Waals surface area contributed by atoms with Crippen molar-refractivity contribution < 1.29 is 28.4 Å². The van der Waals surface area contributed by atoms with Crippen LogP contribution in [0.3, 0.4) is 0 Å². The normalized spacial score (nSPS) is 11.0. The number of ether oxygens (including phenoxy) is 1. The summed E-state index contributed by atoms with van der Waals surface area (Å²) < 4.78 is 6.69. The molecule has 0 aliphatic carbocycles. The number of rotatable bonds is 0. The maximum atomic E-state index is 11.8. The van der Waals surface area contributed by atoms with E-state index >= 15 is 0 Å². The van der Waals surface area contributed by atoms with Crippen molar-refractivity contribution in [3.63, 3.8) is 0 Å². The summed E-state index contributed by atoms with van der Waals surface area (Å²) in [5.41, 5.74) is 0.327. The van der Waals surface area contributed by atoms with Crippen LogP contribution in [0.4, 0.5) is 4.79 Å². The molecule has 0 saturated heterocycles. The third-order valence-electron chi connectivity index (χ3n) is 2.10. The number of para-hydroxylation sites is 1. The maximum absolute atomic E-state index is 11.8. The molecule has 0 bridgehead atoms. The second-order valence-corrected chi connectivity index (χ2v) is 4.65. The Morgan fingerprint density at radius 3 is 2.59 bits per heavy atom. The van der Waals surface area contributed by atoms with E-state index in [1.54, 1.807) is 6.07 Å². The second kappa shape index (κ2) is 4.99. The second-order valence-electron chi connectivity index (χ2n) is 4.65. The van der Waals surface area contributed by atoms with E-state index in [4.69, 9.17) is 4.74 Å². The molecule has 0 spiro atoms. The molecule has 3 nitrogen and oxygen atoms in total. The minimum Gasteiger partial charge on any atom is -0.487 e. The topological polar surface area (TPSA) is 31.2 Å². The Bertz CT molecular complexity index is 525. The van der Waals surface area contributed by atoms with Gasteiger partial charge in [-0.25, -0.2) is 0 Å². The van der Waals surface area contributed by atoms with E-state index in [0.717, 1.165) is 10.9 Å². The standard InChI is InChI=1S/C13H14NO2.Li/c1-13(2,3)16-12(15)14-9-8-10-6-4-5-7-11(10)14;/h4-8H,1-3H3;/q-1;+1. The molecule has 0 amide bonds. The van der Waals surface area contributed by atoms with Crippen LogP contribution in [-0.2, 0) is 4.74 Å². The summed E-state index contributed by atoms with van der Waals surface area (Å²) in [7, 11) is 0. The van der Waals surface area contributed by atoms with E-state index in [1.165, 1.54) is 4.57 Å². The van der Waals surface area contributed by atoms with Gasteiger partial charge in [-0.05, 0) is 20.8 Å². The molecule has 0 fully saturated rings. The Kier molecular flexibility index (Phi) is 4.08. The van der Waals surface area contributed by atoms with Crippen molar-refractivity contribution in [1.29, 1.82) is 0 Å². The molecule has 0 saturated carbocycles. The quantitative estimate of drug-likeness (QED) is 0.473. The SMILES string of the molecule is CC(C)(C)OC(=O)n1[c-]cc2ccccc21.[Li+]. The Labute approximate surface area is 113 Å². The molecule has 2 rings (SSSR count). The van der Waals surface area contributed by atoms with Gasteiger partial charge in [-0.3, -0.25) is 4.79 Å². The average Bonchev–Trinajstić information content (AvgIpc) is 2.58. The first-order chi connectivity index (χ1) is 7.47. The van der Waals surface area contributed by atoms with Gasteiger partial charge in [0.2, 0.25) is 0 Å². The van der Waals surface area contributed by atoms with Gasteiger partial charge in [0.05, 0.1) is 5.60 Å². The summed E-state index contributed by atoms with van der Waals surface area (Å²) >= 11 is 0. The summed E-state index contributed by atoms with van der Waals surface area (Å²) in [6.45, 7) is 5.53. The molecular weight excluding hydrogens is 209 g/mol. The van der Waals surface area contributed by atoms with Crippen LogP contribution in [0, 0.1) is 6.20 Å². The first-order valence-corrected chi connectivity index (χ1v) is 5.19. The van der Waals surface area contributed by atoms with Crippen LogP contribution in [-0.4, -0.2) is 16.3 Å². The van der Waals surface area contributed by atoms with Gasteiger partial charge in [-0.15, -0.1) is 17.5 Å². The van der Waals surface area contributed by atoms with Crippen LogP contribution >= 0.6 is 0 Å². The summed E-state index contributed by atoms with van der Waals surface area (Å²) in [5.74, 6) is 0. The van der Waals surface area contributed by atoms with E-state index in [1.807, 2.05) is 45.0 Å². The van der Waals surface area contributed by atoms with E-state index in [2.05, 4.69) is 6.20 Å². The third kappa shape index (κ3) is 3.15. The Balaban J connectivity index is 0.00000144. The number of hydrogen-bond acceptors (Lipinski definition) is 2. The van der Waals surface area contributed by atoms with E-state index in [0.29, 0.717) is 0 Å². The van der Waals surface area contributed by atoms with Crippen LogP contribution in [0.2, 0.25) is 0 Å². The van der Waals surface area contributed by atoms with Crippen molar-refractivity contribution in [2.75, 3.05) is 0 Å². The summed E-state index contributed by atoms with van der Waals surface area (Å²) in [5, 5.41) is 0.980. The number of carbonyl (C=O) groups is 1. The summed E-state index contributed by atoms with van der Waals surface area (Å²) in [6, 6.07) is 9.40. The summed E-state index contributed by atoms with van der Waals surface area (Å²) in [6.07, 6.45) is 2.48. The maximum Gasteiger partial charge on any atom is 1.00 e. The number of nitrogens with zero attached hydrogens (tertiary/aromatic N) is 1. The molecule has 2 aromatic rings. The Morgan fingerprint density at radius 1 is 1.29 bits per heavy atom. The first-order valence-electron chi connectivity index (χ1n) is 5.19. The van der Waals surface area contributed by atoms with Crippen LogP contribution in [0.5, 0.6) is 0 Å². The minimum atomic E-state index is -0.490. The zero-order valence-corrected chi connectivity index (χ0v) is 10.7. The van der Waals surface area contributed by atoms with Gasteiger partial charge in [0.1, 0.15) is 0 Å². The molecule has 1 aromatic carbocycles. The van der Waals surface area contributed by atoms with E-state index in [-0.39, 0.29) is 18.9 Å². The fourth-order valence-electron chi connectivity index (χ4n) is 1.48. The zero-order valence-electron chi connectivity index (χ0n) is 10.7. The van der Waals surface area contributed by atoms with Crippen molar-refractivity contribution in [3.05, 3.63) is 36.5 Å². The van der Waals surface area contributed by atoms with Gasteiger partial charge in [-0.2, -0.15) is 0 Å². The number of aromatic nitrogens is 1. The summed E-state index contributed by atoms with van der Waals surface area (Å²) in [4.78, 5) is 11.8. The van der Waals surface area contributed by atoms with Crippen molar-refractivity contribution in [3.8, 4) is 0 Å². The molecule has 0 N–H and O–H groups in total. The smallest absolute Gasteiger partial charge is 0.487 e. The van der Waals surface area contributed by atoms with Gasteiger partial charge in [0.25, 0.3) is 0 Å². The van der Waals surface area contributed by atoms with Gasteiger partial charge in [-0.1, -0.05) is 29.9 Å². The van der Waals surface area contributed by atoms with Crippen LogP contribution in [0.25, 0.3) is 10.9 Å². The molecule has 0 aliphatic heterocycles. The fourth-order valence-corrected chi connectivity index (χ4v) is 1.48. The van der Waals surface area contributed by atoms with Gasteiger partial charge in [0, 0.05) is 0 Å². The first kappa shape index (κ1) is 13.9. The average molecular weight is 223 g/mol. The molecule has 4 heteroatoms. The molecule has 0 atom stereocenters. The zero-order chi connectivity index (χ0) is 11.8. The van der Waals surface area contributed by atoms with Crippen molar-refractivity contribution in [2.45, 2.75) is 26.4 Å². The Morgan fingerprint density at radius 2 is 1.94 bits per heavy atom. The molecule has 1 aromatic heterocycles. The predicted octanol–water partition coefficient (Wildman–Crippen LogP) is 0.229. The number of carbonyl (C=O) groups excluding carboxylic acids is 1. The van der Waals surface area contributed by atoms with Crippen molar-refractivity contribution >= 4 is 17.0 Å². The third-order valence-corrected chi connectivity index (χ3v) is 2.10. The molecule has 1 heterocycles. The number of hydrogen-bond donors (Lipinski definition) is 0. The monoisotopic (exact) mass is 223 g/mol. The molecule has 0 aliphatic rings. The van der Waals surface area contributed by atoms with Crippen LogP contribution in [0.15, 0.2) is 30.3 Å². The van der Waals surface area contributed by atoms with Gasteiger partial charge < -0.3 is 9.30 Å². The minimum absolute atomic E-state index is 0. The van der Waals surface area contributed by atoms with Crippen LogP contribution < -0.4 is 18.9 Å². The van der Waals surface area contributed by atoms with Crippen molar-refractivity contribution in [1.82, 2.24) is 4.57 Å². The van der Waals surface area contributed by atoms with Crippen molar-refractivity contribution in [2.24, 2.45) is 0 Å². The predicted molar refractivity (Wildman–Crippen MR) is 62.4 cm³/mol. The largest absolute Gasteiger partial charge is 1.00 e. The fraction of sp³-hybridized carbons (Fsp3) is 0.308. The van der Waals surface area contributed by atoms with E-state index in [9.17, 15) is 4.79 Å². The number of benzene rings is 1. The number of fused-ring (bicyclic) bond motifs is 1. The van der Waals surface area contributed by atoms with Crippen LogP contribution in [0.1, 0.15) is 20.8 Å².